The van der Waals surface area contributed by atoms with Gasteiger partial charge in [0.25, 0.3) is 7.82 Å². The summed E-state index contributed by atoms with van der Waals surface area (Å²) in [5.74, 6) is -0.584. The van der Waals surface area contributed by atoms with Gasteiger partial charge in [0.1, 0.15) is 19.3 Å². The maximum absolute atomic E-state index is 13.5. The fourth-order valence-corrected chi connectivity index (χ4v) is 9.83. The van der Waals surface area contributed by atoms with E-state index in [-0.39, 0.29) is 31.3 Å². The zero-order chi connectivity index (χ0) is 59.3. The molecule has 0 fully saturated rings. The largest absolute Gasteiger partial charge is 0.756 e. The predicted molar refractivity (Wildman–Crippen MR) is 348 cm³/mol. The van der Waals surface area contributed by atoms with Crippen LogP contribution in [0.15, 0.2) is 109 Å². The zero-order valence-electron chi connectivity index (χ0n) is 53.2. The first-order valence-electron chi connectivity index (χ1n) is 33.2. The third-order valence-corrected chi connectivity index (χ3v) is 15.2. The molecule has 466 valence electrons. The molecule has 0 bridgehead atoms. The molecule has 0 aliphatic rings. The minimum atomic E-state index is -4.72. The number of phosphoric ester groups is 1. The zero-order valence-corrected chi connectivity index (χ0v) is 54.1. The summed E-state index contributed by atoms with van der Waals surface area (Å²) < 4.78 is 30.3. The summed E-state index contributed by atoms with van der Waals surface area (Å²) in [6, 6.07) is -0.912. The number of phosphoric acid groups is 1. The second-order valence-corrected chi connectivity index (χ2v) is 24.7. The van der Waals surface area contributed by atoms with E-state index < -0.39 is 26.6 Å². The van der Waals surface area contributed by atoms with Gasteiger partial charge < -0.3 is 28.5 Å². The number of carbonyl (C=O) groups is 2. The van der Waals surface area contributed by atoms with E-state index in [1.165, 1.54) is 122 Å². The van der Waals surface area contributed by atoms with Crippen LogP contribution in [0.3, 0.4) is 0 Å². The first kappa shape index (κ1) is 77.7. The molecule has 0 aromatic rings. The van der Waals surface area contributed by atoms with E-state index in [4.69, 9.17) is 13.8 Å². The van der Waals surface area contributed by atoms with Gasteiger partial charge in [-0.25, -0.2) is 0 Å². The van der Waals surface area contributed by atoms with Crippen molar-refractivity contribution >= 4 is 19.7 Å². The molecule has 0 radical (unpaired) electrons. The molecular formula is C71H125N2O7P. The number of hydrogen-bond donors (Lipinski definition) is 1. The molecule has 1 N–H and O–H groups in total. The highest BCUT2D eigenvalue weighted by atomic mass is 31.2. The van der Waals surface area contributed by atoms with Crippen molar-refractivity contribution in [1.82, 2.24) is 5.32 Å². The van der Waals surface area contributed by atoms with Crippen molar-refractivity contribution in [1.29, 1.82) is 0 Å². The summed E-state index contributed by atoms with van der Waals surface area (Å²) in [7, 11) is 1.15. The van der Waals surface area contributed by atoms with Crippen LogP contribution in [0.4, 0.5) is 0 Å². The highest BCUT2D eigenvalue weighted by molar-refractivity contribution is 7.45. The fraction of sp³-hybridized carbons (Fsp3) is 0.718. The van der Waals surface area contributed by atoms with Crippen molar-refractivity contribution in [3.05, 3.63) is 109 Å². The summed E-state index contributed by atoms with van der Waals surface area (Å²) in [5.41, 5.74) is 0. The van der Waals surface area contributed by atoms with Crippen molar-refractivity contribution in [2.75, 3.05) is 40.9 Å². The average molecular weight is 1150 g/mol. The lowest BCUT2D eigenvalue weighted by molar-refractivity contribution is -0.870. The Balaban J connectivity index is 5.17. The molecule has 0 aromatic heterocycles. The number of nitrogens with zero attached hydrogens (tertiary/aromatic N) is 1. The number of ether oxygens (including phenoxy) is 1. The lowest BCUT2D eigenvalue weighted by Crippen LogP contribution is -2.47. The Morgan fingerprint density at radius 2 is 0.827 bits per heavy atom. The van der Waals surface area contributed by atoms with Gasteiger partial charge in [-0.2, -0.15) is 0 Å². The molecule has 0 aromatic carbocycles. The van der Waals surface area contributed by atoms with Crippen LogP contribution in [0.25, 0.3) is 0 Å². The predicted octanol–water partition coefficient (Wildman–Crippen LogP) is 20.3. The van der Waals surface area contributed by atoms with E-state index >= 15 is 0 Å². The van der Waals surface area contributed by atoms with Crippen molar-refractivity contribution in [2.45, 2.75) is 290 Å². The number of esters is 1. The standard InChI is InChI=1S/C71H125N2O7P/c1-7-10-13-16-19-22-25-28-30-32-33-34-35-36-37-38-39-40-41-42-44-46-49-52-55-58-61-64-71(75)80-69(62-59-56-53-50-47-27-24-21-18-15-12-9-3)68(67-79-81(76,77)78-66-65-73(4,5)6)72-70(74)63-60-57-54-51-48-45-43-31-29-26-23-20-17-14-11-8-2/h10,13,19,22,28,30-31,33-34,36-37,39-40,43,45,48,59,62,68-69H,7-9,11-12,14-18,20-21,23-27,29,32,35,38,41-42,44,46-47,49-58,60-61,63-67H2,1-6H3,(H-,72,74,76,77)/b13-10-,22-19-,30-28-,34-33-,37-36-,40-39-,43-31+,48-45+,62-59-. The first-order valence-corrected chi connectivity index (χ1v) is 34.7. The first-order chi connectivity index (χ1) is 39.4. The molecule has 10 heteroatoms. The van der Waals surface area contributed by atoms with Gasteiger partial charge in [-0.3, -0.25) is 14.2 Å². The van der Waals surface area contributed by atoms with Crippen molar-refractivity contribution in [3.63, 3.8) is 0 Å². The molecule has 1 amide bonds. The summed E-state index contributed by atoms with van der Waals surface area (Å²) in [4.78, 5) is 40.0. The van der Waals surface area contributed by atoms with Gasteiger partial charge in [-0.1, -0.05) is 265 Å². The molecule has 9 nitrogen and oxygen atoms in total. The van der Waals surface area contributed by atoms with Gasteiger partial charge in [-0.15, -0.1) is 0 Å². The quantitative estimate of drug-likeness (QED) is 0.0161. The molecule has 0 aliphatic carbocycles. The van der Waals surface area contributed by atoms with Crippen LogP contribution < -0.4 is 10.2 Å². The number of nitrogens with one attached hydrogen (secondary N) is 1. The third kappa shape index (κ3) is 61.1. The monoisotopic (exact) mass is 1150 g/mol. The summed E-state index contributed by atoms with van der Waals surface area (Å²) in [6.07, 6.45) is 82.1. The molecule has 0 rings (SSSR count). The van der Waals surface area contributed by atoms with E-state index in [2.05, 4.69) is 123 Å². The molecule has 0 spiro atoms. The Hall–Kier alpha value is -3.33. The molecule has 0 heterocycles. The lowest BCUT2D eigenvalue weighted by Gasteiger charge is -2.30. The van der Waals surface area contributed by atoms with Crippen LogP contribution in [0.5, 0.6) is 0 Å². The Labute approximate surface area is 500 Å². The number of quaternary nitrogens is 1. The van der Waals surface area contributed by atoms with E-state index in [1.54, 1.807) is 0 Å². The van der Waals surface area contributed by atoms with Crippen molar-refractivity contribution in [2.24, 2.45) is 0 Å². The van der Waals surface area contributed by atoms with Crippen LogP contribution in [-0.4, -0.2) is 69.4 Å². The lowest BCUT2D eigenvalue weighted by atomic mass is 10.0. The third-order valence-electron chi connectivity index (χ3n) is 14.2. The SMILES string of the molecule is CC/C=C\C/C=C\C/C=C\C/C=C\C/C=C\C/C=C\CCCCCCCCCCC(=O)OC(/C=C\CCCCCCCCCCCC)C(COP(=O)([O-])OCC[N+](C)(C)C)NC(=O)CCCCC/C=C/C=C/CCCCCCCCC. The summed E-state index contributed by atoms with van der Waals surface area (Å²) in [6.45, 7) is 6.70. The minimum absolute atomic E-state index is 0.0335. The van der Waals surface area contributed by atoms with Gasteiger partial charge in [-0.05, 0) is 109 Å². The smallest absolute Gasteiger partial charge is 0.306 e. The second kappa shape index (κ2) is 59.8. The Morgan fingerprint density at radius 1 is 0.457 bits per heavy atom. The Morgan fingerprint density at radius 3 is 1.27 bits per heavy atom. The molecule has 3 unspecified atom stereocenters. The van der Waals surface area contributed by atoms with Crippen molar-refractivity contribution in [3.8, 4) is 0 Å². The number of allylic oxidation sites excluding steroid dienone is 17. The maximum atomic E-state index is 13.5. The summed E-state index contributed by atoms with van der Waals surface area (Å²) >= 11 is 0. The number of likely N-dealkylation sites (N-methyl/N-ethyl adjacent to an activating group) is 1. The van der Waals surface area contributed by atoms with E-state index in [9.17, 15) is 19.0 Å². The second-order valence-electron chi connectivity index (χ2n) is 23.3. The minimum Gasteiger partial charge on any atom is -0.756 e. The van der Waals surface area contributed by atoms with Crippen molar-refractivity contribution < 1.29 is 37.3 Å². The topological polar surface area (TPSA) is 114 Å². The summed E-state index contributed by atoms with van der Waals surface area (Å²) in [5, 5.41) is 3.01. The van der Waals surface area contributed by atoms with Crippen LogP contribution in [-0.2, 0) is 27.9 Å². The average Bonchev–Trinajstić information content (AvgIpc) is 3.44. The van der Waals surface area contributed by atoms with Gasteiger partial charge in [0.2, 0.25) is 5.91 Å². The number of hydrogen-bond acceptors (Lipinski definition) is 7. The molecule has 81 heavy (non-hydrogen) atoms. The van der Waals surface area contributed by atoms with Gasteiger partial charge in [0.05, 0.1) is 33.8 Å². The van der Waals surface area contributed by atoms with Gasteiger partial charge >= 0.3 is 5.97 Å². The fourth-order valence-electron chi connectivity index (χ4n) is 9.10. The number of carbonyl (C=O) groups excluding carboxylic acids is 2. The molecule has 0 saturated carbocycles. The Bertz CT molecular complexity index is 1750. The molecule has 0 saturated heterocycles. The number of amides is 1. The highest BCUT2D eigenvalue weighted by Gasteiger charge is 2.27. The normalized spacial score (nSPS) is 14.3. The Kier molecular flexibility index (Phi) is 57.4. The number of rotatable bonds is 59. The number of unbranched alkanes of at least 4 members (excludes halogenated alkanes) is 28. The van der Waals surface area contributed by atoms with E-state index in [0.717, 1.165) is 109 Å². The van der Waals surface area contributed by atoms with Crippen LogP contribution in [0.2, 0.25) is 0 Å². The molecule has 0 aliphatic heterocycles. The van der Waals surface area contributed by atoms with Crippen LogP contribution >= 0.6 is 7.82 Å². The van der Waals surface area contributed by atoms with Crippen LogP contribution in [0, 0.1) is 0 Å². The molecule has 3 atom stereocenters. The highest BCUT2D eigenvalue weighted by Crippen LogP contribution is 2.38. The van der Waals surface area contributed by atoms with E-state index in [0.29, 0.717) is 23.9 Å². The molecular weight excluding hydrogens is 1020 g/mol. The van der Waals surface area contributed by atoms with E-state index in [1.807, 2.05) is 33.3 Å². The maximum Gasteiger partial charge on any atom is 0.306 e. The van der Waals surface area contributed by atoms with Gasteiger partial charge in [0, 0.05) is 12.8 Å². The van der Waals surface area contributed by atoms with Gasteiger partial charge in [0.15, 0.2) is 0 Å². The van der Waals surface area contributed by atoms with Crippen LogP contribution in [0.1, 0.15) is 278 Å².